The number of fused-ring (bicyclic) bond motifs is 1. The molecule has 5 heteroatoms. The maximum atomic E-state index is 13.5. The van der Waals surface area contributed by atoms with E-state index in [0.29, 0.717) is 17.9 Å². The van der Waals surface area contributed by atoms with Crippen LogP contribution in [0.5, 0.6) is 5.75 Å². The maximum Gasteiger partial charge on any atom is 0.323 e. The Labute approximate surface area is 226 Å². The summed E-state index contributed by atoms with van der Waals surface area (Å²) in [6.45, 7) is 12.8. The molecule has 0 aliphatic carbocycles. The SMILES string of the molecule is CC(C)c1ccc(CC2(C)Cc3cc(C(=O)N(CC(=O)O)Cc4ccc(C(C)(C)C)cc4)ccc3O2)cc1. The van der Waals surface area contributed by atoms with Crippen molar-refractivity contribution in [1.82, 2.24) is 4.90 Å². The molecule has 5 nitrogen and oxygen atoms in total. The zero-order valence-corrected chi connectivity index (χ0v) is 23.4. The molecule has 1 heterocycles. The first kappa shape index (κ1) is 27.4. The van der Waals surface area contributed by atoms with Gasteiger partial charge in [-0.3, -0.25) is 9.59 Å². The smallest absolute Gasteiger partial charge is 0.323 e. The van der Waals surface area contributed by atoms with Crippen LogP contribution in [0.15, 0.2) is 66.7 Å². The van der Waals surface area contributed by atoms with Crippen LogP contribution in [0.25, 0.3) is 0 Å². The number of aliphatic carboxylic acids is 1. The number of carbonyl (C=O) groups excluding carboxylic acids is 1. The maximum absolute atomic E-state index is 13.5. The lowest BCUT2D eigenvalue weighted by Gasteiger charge is -2.24. The summed E-state index contributed by atoms with van der Waals surface area (Å²) in [6, 6.07) is 22.2. The number of carboxylic acids is 1. The lowest BCUT2D eigenvalue weighted by atomic mass is 9.87. The van der Waals surface area contributed by atoms with Gasteiger partial charge in [-0.15, -0.1) is 0 Å². The highest BCUT2D eigenvalue weighted by Gasteiger charge is 2.35. The van der Waals surface area contributed by atoms with Crippen LogP contribution < -0.4 is 4.74 Å². The van der Waals surface area contributed by atoms with E-state index in [2.05, 4.69) is 65.8 Å². The lowest BCUT2D eigenvalue weighted by molar-refractivity contribution is -0.137. The number of benzene rings is 3. The Kier molecular flexibility index (Phi) is 7.68. The molecule has 3 aromatic carbocycles. The number of carbonyl (C=O) groups is 2. The summed E-state index contributed by atoms with van der Waals surface area (Å²) in [5.74, 6) is -0.0604. The van der Waals surface area contributed by atoms with Crippen LogP contribution in [0.4, 0.5) is 0 Å². The van der Waals surface area contributed by atoms with Crippen molar-refractivity contribution in [3.8, 4) is 5.75 Å². The third kappa shape index (κ3) is 6.45. The number of nitrogens with zero attached hydrogens (tertiary/aromatic N) is 1. The van der Waals surface area contributed by atoms with Crippen molar-refractivity contribution in [1.29, 1.82) is 0 Å². The molecule has 1 atom stereocenters. The van der Waals surface area contributed by atoms with Crippen molar-refractivity contribution >= 4 is 11.9 Å². The standard InChI is InChI=1S/C33H39NO4/c1-22(2)25-11-7-23(8-12-25)18-33(6)19-27-17-26(13-16-29(27)38-33)31(37)34(21-30(35)36)20-24-9-14-28(15-10-24)32(3,4)5/h7-17,22H,18-21H2,1-6H3,(H,35,36). The Morgan fingerprint density at radius 3 is 2.18 bits per heavy atom. The van der Waals surface area contributed by atoms with Crippen molar-refractivity contribution < 1.29 is 19.4 Å². The molecule has 0 fully saturated rings. The second kappa shape index (κ2) is 10.6. The average molecular weight is 514 g/mol. The minimum absolute atomic E-state index is 0.0215. The zero-order chi connectivity index (χ0) is 27.7. The molecule has 0 saturated heterocycles. The third-order valence-electron chi connectivity index (χ3n) is 7.26. The van der Waals surface area contributed by atoms with E-state index in [0.717, 1.165) is 23.3 Å². The molecule has 4 rings (SSSR count). The van der Waals surface area contributed by atoms with Crippen molar-refractivity contribution in [3.63, 3.8) is 0 Å². The molecule has 200 valence electrons. The molecule has 3 aromatic rings. The highest BCUT2D eigenvalue weighted by molar-refractivity contribution is 5.96. The minimum Gasteiger partial charge on any atom is -0.487 e. The molecular formula is C33H39NO4. The van der Waals surface area contributed by atoms with Crippen molar-refractivity contribution in [3.05, 3.63) is 100 Å². The Morgan fingerprint density at radius 2 is 1.61 bits per heavy atom. The summed E-state index contributed by atoms with van der Waals surface area (Å²) < 4.78 is 6.35. The monoisotopic (exact) mass is 513 g/mol. The predicted molar refractivity (Wildman–Crippen MR) is 151 cm³/mol. The largest absolute Gasteiger partial charge is 0.487 e. The minimum atomic E-state index is -1.04. The Hall–Kier alpha value is -3.60. The molecule has 1 unspecified atom stereocenters. The number of hydrogen-bond acceptors (Lipinski definition) is 3. The zero-order valence-electron chi connectivity index (χ0n) is 23.4. The van der Waals surface area contributed by atoms with Crippen LogP contribution in [0.3, 0.4) is 0 Å². The summed E-state index contributed by atoms with van der Waals surface area (Å²) in [5, 5.41) is 9.51. The molecule has 1 aliphatic rings. The Bertz CT molecular complexity index is 1300. The summed E-state index contributed by atoms with van der Waals surface area (Å²) >= 11 is 0. The molecule has 0 aromatic heterocycles. The number of carboxylic acid groups (broad SMARTS) is 1. The van der Waals surface area contributed by atoms with E-state index >= 15 is 0 Å². The fourth-order valence-electron chi connectivity index (χ4n) is 5.08. The third-order valence-corrected chi connectivity index (χ3v) is 7.26. The van der Waals surface area contributed by atoms with Gasteiger partial charge >= 0.3 is 5.97 Å². The first-order valence-corrected chi connectivity index (χ1v) is 13.3. The van der Waals surface area contributed by atoms with Crippen molar-refractivity contribution in [2.45, 2.75) is 77.9 Å². The number of hydrogen-bond donors (Lipinski definition) is 1. The summed E-state index contributed by atoms with van der Waals surface area (Å²) in [5.41, 5.74) is 5.68. The van der Waals surface area contributed by atoms with Crippen molar-refractivity contribution in [2.24, 2.45) is 0 Å². The second-order valence-corrected chi connectivity index (χ2v) is 12.1. The normalized spacial score (nSPS) is 16.7. The van der Waals surface area contributed by atoms with E-state index in [-0.39, 0.29) is 24.4 Å². The molecular weight excluding hydrogens is 474 g/mol. The van der Waals surface area contributed by atoms with Gasteiger partial charge in [-0.05, 0) is 64.3 Å². The van der Waals surface area contributed by atoms with E-state index in [1.54, 1.807) is 6.07 Å². The number of amides is 1. The summed E-state index contributed by atoms with van der Waals surface area (Å²) in [7, 11) is 0. The van der Waals surface area contributed by atoms with Gasteiger partial charge in [0, 0.05) is 24.9 Å². The van der Waals surface area contributed by atoms with Gasteiger partial charge in [-0.1, -0.05) is 83.1 Å². The molecule has 0 radical (unpaired) electrons. The number of ether oxygens (including phenoxy) is 1. The van der Waals surface area contributed by atoms with Gasteiger partial charge in [-0.25, -0.2) is 0 Å². The number of rotatable bonds is 8. The Morgan fingerprint density at radius 1 is 0.974 bits per heavy atom. The van der Waals surface area contributed by atoms with Crippen LogP contribution >= 0.6 is 0 Å². The summed E-state index contributed by atoms with van der Waals surface area (Å²) in [4.78, 5) is 26.5. The molecule has 0 saturated carbocycles. The molecule has 0 bridgehead atoms. The van der Waals surface area contributed by atoms with Gasteiger partial charge in [0.2, 0.25) is 0 Å². The van der Waals surface area contributed by atoms with Crippen LogP contribution in [-0.2, 0) is 29.6 Å². The van der Waals surface area contributed by atoms with Gasteiger partial charge in [0.1, 0.15) is 17.9 Å². The fourth-order valence-corrected chi connectivity index (χ4v) is 5.08. The quantitative estimate of drug-likeness (QED) is 0.361. The molecule has 1 amide bonds. The van der Waals surface area contributed by atoms with E-state index in [1.807, 2.05) is 36.4 Å². The van der Waals surface area contributed by atoms with Gasteiger partial charge in [0.15, 0.2) is 0 Å². The Balaban J connectivity index is 1.49. The molecule has 0 spiro atoms. The van der Waals surface area contributed by atoms with Gasteiger partial charge in [0.25, 0.3) is 5.91 Å². The molecule has 1 N–H and O–H groups in total. The van der Waals surface area contributed by atoms with Gasteiger partial charge < -0.3 is 14.7 Å². The lowest BCUT2D eigenvalue weighted by Crippen LogP contribution is -2.35. The van der Waals surface area contributed by atoms with Crippen molar-refractivity contribution in [2.75, 3.05) is 6.54 Å². The highest BCUT2D eigenvalue weighted by atomic mass is 16.5. The first-order chi connectivity index (χ1) is 17.8. The van der Waals surface area contributed by atoms with Crippen LogP contribution in [0, 0.1) is 0 Å². The van der Waals surface area contributed by atoms with E-state index in [4.69, 9.17) is 4.74 Å². The second-order valence-electron chi connectivity index (χ2n) is 12.1. The first-order valence-electron chi connectivity index (χ1n) is 13.3. The van der Waals surface area contributed by atoms with Crippen LogP contribution in [0.2, 0.25) is 0 Å². The van der Waals surface area contributed by atoms with Gasteiger partial charge in [0.05, 0.1) is 0 Å². The molecule has 1 aliphatic heterocycles. The predicted octanol–water partition coefficient (Wildman–Crippen LogP) is 6.77. The van der Waals surface area contributed by atoms with E-state index in [9.17, 15) is 14.7 Å². The summed E-state index contributed by atoms with van der Waals surface area (Å²) in [6.07, 6.45) is 1.45. The van der Waals surface area contributed by atoms with E-state index < -0.39 is 11.6 Å². The van der Waals surface area contributed by atoms with Crippen LogP contribution in [-0.4, -0.2) is 34.0 Å². The highest BCUT2D eigenvalue weighted by Crippen LogP contribution is 2.38. The fraction of sp³-hybridized carbons (Fsp3) is 0.394. The topological polar surface area (TPSA) is 66.8 Å². The van der Waals surface area contributed by atoms with Crippen LogP contribution in [0.1, 0.15) is 85.6 Å². The van der Waals surface area contributed by atoms with E-state index in [1.165, 1.54) is 21.6 Å². The molecule has 38 heavy (non-hydrogen) atoms. The van der Waals surface area contributed by atoms with Gasteiger partial charge in [-0.2, -0.15) is 0 Å². The average Bonchev–Trinajstić information content (AvgIpc) is 3.17.